The number of rotatable bonds is 4. The molecule has 4 heteroatoms. The Labute approximate surface area is 107 Å². The van der Waals surface area contributed by atoms with Gasteiger partial charge in [0.1, 0.15) is 0 Å². The van der Waals surface area contributed by atoms with Gasteiger partial charge in [-0.1, -0.05) is 11.6 Å². The standard InChI is InChI=1S/C13H18ClN3/c1-2-17(9-10-7-13(15)16-8-10)12-5-3-11(14)4-6-12/h3-7,10,16H,2,8-9,15H2,1H3/t10-/m1/s1. The van der Waals surface area contributed by atoms with E-state index in [1.165, 1.54) is 5.69 Å². The highest BCUT2D eigenvalue weighted by molar-refractivity contribution is 6.30. The molecule has 1 aliphatic heterocycles. The molecular formula is C13H18ClN3. The van der Waals surface area contributed by atoms with Crippen molar-refractivity contribution >= 4 is 17.3 Å². The molecule has 1 heterocycles. The van der Waals surface area contributed by atoms with E-state index < -0.39 is 0 Å². The van der Waals surface area contributed by atoms with Crippen LogP contribution in [0.15, 0.2) is 36.2 Å². The van der Waals surface area contributed by atoms with Gasteiger partial charge in [-0.3, -0.25) is 0 Å². The first-order chi connectivity index (χ1) is 8.19. The Morgan fingerprint density at radius 2 is 2.12 bits per heavy atom. The first-order valence-electron chi connectivity index (χ1n) is 5.90. The molecule has 0 aromatic heterocycles. The highest BCUT2D eigenvalue weighted by atomic mass is 35.5. The van der Waals surface area contributed by atoms with Gasteiger partial charge in [0.25, 0.3) is 0 Å². The number of nitrogens with zero attached hydrogens (tertiary/aromatic N) is 1. The molecule has 0 fully saturated rings. The monoisotopic (exact) mass is 251 g/mol. The quantitative estimate of drug-likeness (QED) is 0.862. The van der Waals surface area contributed by atoms with Crippen LogP contribution in [0.25, 0.3) is 0 Å². The van der Waals surface area contributed by atoms with E-state index in [0.29, 0.717) is 5.92 Å². The lowest BCUT2D eigenvalue weighted by Gasteiger charge is -2.25. The van der Waals surface area contributed by atoms with Crippen molar-refractivity contribution in [2.75, 3.05) is 24.5 Å². The molecule has 2 rings (SSSR count). The van der Waals surface area contributed by atoms with Crippen molar-refractivity contribution in [1.29, 1.82) is 0 Å². The first kappa shape index (κ1) is 12.1. The Morgan fingerprint density at radius 3 is 2.65 bits per heavy atom. The summed E-state index contributed by atoms with van der Waals surface area (Å²) in [6, 6.07) is 7.97. The fourth-order valence-corrected chi connectivity index (χ4v) is 2.22. The van der Waals surface area contributed by atoms with Gasteiger partial charge >= 0.3 is 0 Å². The van der Waals surface area contributed by atoms with Gasteiger partial charge in [-0.25, -0.2) is 0 Å². The third kappa shape index (κ3) is 3.07. The summed E-state index contributed by atoms with van der Waals surface area (Å²) in [5.74, 6) is 1.27. The van der Waals surface area contributed by atoms with Crippen molar-refractivity contribution in [3.8, 4) is 0 Å². The molecule has 0 saturated carbocycles. The molecule has 3 nitrogen and oxygen atoms in total. The molecule has 0 spiro atoms. The molecule has 17 heavy (non-hydrogen) atoms. The largest absolute Gasteiger partial charge is 0.386 e. The molecule has 1 aromatic rings. The zero-order chi connectivity index (χ0) is 12.3. The van der Waals surface area contributed by atoms with Crippen LogP contribution in [0.4, 0.5) is 5.69 Å². The minimum atomic E-state index is 0.477. The van der Waals surface area contributed by atoms with Gasteiger partial charge in [-0.2, -0.15) is 0 Å². The average molecular weight is 252 g/mol. The molecule has 0 amide bonds. The Balaban J connectivity index is 2.04. The fraction of sp³-hybridized carbons (Fsp3) is 0.385. The molecule has 0 bridgehead atoms. The zero-order valence-electron chi connectivity index (χ0n) is 9.99. The van der Waals surface area contributed by atoms with E-state index in [2.05, 4.69) is 35.3 Å². The van der Waals surface area contributed by atoms with Crippen LogP contribution in [0.1, 0.15) is 6.92 Å². The van der Waals surface area contributed by atoms with Gasteiger partial charge in [0, 0.05) is 36.3 Å². The van der Waals surface area contributed by atoms with Crippen molar-refractivity contribution in [1.82, 2.24) is 5.32 Å². The van der Waals surface area contributed by atoms with Gasteiger partial charge in [0.2, 0.25) is 0 Å². The summed E-state index contributed by atoms with van der Waals surface area (Å²) < 4.78 is 0. The summed E-state index contributed by atoms with van der Waals surface area (Å²) in [6.45, 7) is 5.04. The summed E-state index contributed by atoms with van der Waals surface area (Å²) in [5, 5.41) is 3.93. The van der Waals surface area contributed by atoms with Crippen LogP contribution in [0.3, 0.4) is 0 Å². The van der Waals surface area contributed by atoms with Gasteiger partial charge < -0.3 is 16.0 Å². The third-order valence-corrected chi connectivity index (χ3v) is 3.26. The van der Waals surface area contributed by atoms with Crippen molar-refractivity contribution in [3.05, 3.63) is 41.2 Å². The highest BCUT2D eigenvalue weighted by Crippen LogP contribution is 2.20. The normalized spacial score (nSPS) is 18.7. The maximum Gasteiger partial charge on any atom is 0.0923 e. The maximum atomic E-state index is 5.89. The summed E-state index contributed by atoms with van der Waals surface area (Å²) in [4.78, 5) is 2.33. The summed E-state index contributed by atoms with van der Waals surface area (Å²) in [5.41, 5.74) is 6.92. The molecule has 0 unspecified atom stereocenters. The van der Waals surface area contributed by atoms with E-state index in [0.717, 1.165) is 30.5 Å². The minimum absolute atomic E-state index is 0.477. The molecule has 1 atom stereocenters. The SMILES string of the molecule is CCN(C[C@@H]1C=C(N)NC1)c1ccc(Cl)cc1. The molecular weight excluding hydrogens is 234 g/mol. The smallest absolute Gasteiger partial charge is 0.0923 e. The Morgan fingerprint density at radius 1 is 1.41 bits per heavy atom. The second-order valence-corrected chi connectivity index (χ2v) is 4.71. The molecule has 1 aromatic carbocycles. The lowest BCUT2D eigenvalue weighted by Crippen LogP contribution is -2.30. The van der Waals surface area contributed by atoms with E-state index in [-0.39, 0.29) is 0 Å². The van der Waals surface area contributed by atoms with Crippen molar-refractivity contribution < 1.29 is 0 Å². The molecule has 0 aliphatic carbocycles. The van der Waals surface area contributed by atoms with Crippen LogP contribution in [0.5, 0.6) is 0 Å². The van der Waals surface area contributed by atoms with E-state index in [1.807, 2.05) is 12.1 Å². The second kappa shape index (κ2) is 5.32. The van der Waals surface area contributed by atoms with Crippen LogP contribution in [-0.4, -0.2) is 19.6 Å². The van der Waals surface area contributed by atoms with Crippen LogP contribution in [0.2, 0.25) is 5.02 Å². The van der Waals surface area contributed by atoms with Crippen LogP contribution in [-0.2, 0) is 0 Å². The maximum absolute atomic E-state index is 5.89. The highest BCUT2D eigenvalue weighted by Gasteiger charge is 2.16. The number of anilines is 1. The van der Waals surface area contributed by atoms with Crippen LogP contribution < -0.4 is 16.0 Å². The van der Waals surface area contributed by atoms with Crippen molar-refractivity contribution in [3.63, 3.8) is 0 Å². The number of halogens is 1. The van der Waals surface area contributed by atoms with Gasteiger partial charge in [0.15, 0.2) is 0 Å². The fourth-order valence-electron chi connectivity index (χ4n) is 2.09. The predicted molar refractivity (Wildman–Crippen MR) is 73.1 cm³/mol. The van der Waals surface area contributed by atoms with E-state index >= 15 is 0 Å². The first-order valence-corrected chi connectivity index (χ1v) is 6.28. The summed E-state index contributed by atoms with van der Waals surface area (Å²) >= 11 is 5.89. The van der Waals surface area contributed by atoms with E-state index in [9.17, 15) is 0 Å². The Hall–Kier alpha value is -1.35. The van der Waals surface area contributed by atoms with Crippen LogP contribution in [0, 0.1) is 5.92 Å². The average Bonchev–Trinajstić information content (AvgIpc) is 2.73. The number of nitrogens with one attached hydrogen (secondary N) is 1. The van der Waals surface area contributed by atoms with Crippen LogP contribution >= 0.6 is 11.6 Å². The topological polar surface area (TPSA) is 41.3 Å². The lowest BCUT2D eigenvalue weighted by molar-refractivity contribution is 0.624. The molecule has 3 N–H and O–H groups in total. The number of hydrogen-bond acceptors (Lipinski definition) is 3. The van der Waals surface area contributed by atoms with E-state index in [1.54, 1.807) is 0 Å². The minimum Gasteiger partial charge on any atom is -0.386 e. The molecule has 0 radical (unpaired) electrons. The Kier molecular flexibility index (Phi) is 3.79. The number of nitrogens with two attached hydrogens (primary N) is 1. The molecule has 92 valence electrons. The van der Waals surface area contributed by atoms with E-state index in [4.69, 9.17) is 17.3 Å². The number of hydrogen-bond donors (Lipinski definition) is 2. The summed E-state index contributed by atoms with van der Waals surface area (Å²) in [6.07, 6.45) is 2.10. The van der Waals surface area contributed by atoms with Gasteiger partial charge in [-0.05, 0) is 37.3 Å². The number of benzene rings is 1. The molecule has 1 aliphatic rings. The van der Waals surface area contributed by atoms with Crippen molar-refractivity contribution in [2.45, 2.75) is 6.92 Å². The zero-order valence-corrected chi connectivity index (χ0v) is 10.7. The van der Waals surface area contributed by atoms with Gasteiger partial charge in [-0.15, -0.1) is 0 Å². The molecule has 0 saturated heterocycles. The lowest BCUT2D eigenvalue weighted by atomic mass is 10.1. The third-order valence-electron chi connectivity index (χ3n) is 3.01. The van der Waals surface area contributed by atoms with Crippen molar-refractivity contribution in [2.24, 2.45) is 11.7 Å². The van der Waals surface area contributed by atoms with Gasteiger partial charge in [0.05, 0.1) is 5.82 Å². The Bertz CT molecular complexity index is 400. The predicted octanol–water partition coefficient (Wildman–Crippen LogP) is 2.19. The summed E-state index contributed by atoms with van der Waals surface area (Å²) in [7, 11) is 0. The second-order valence-electron chi connectivity index (χ2n) is 4.28.